The molecule has 2 aromatic heterocycles. The van der Waals surface area contributed by atoms with E-state index in [1.165, 1.54) is 4.90 Å². The van der Waals surface area contributed by atoms with Crippen molar-refractivity contribution in [2.24, 2.45) is 5.92 Å². The van der Waals surface area contributed by atoms with E-state index in [1.54, 1.807) is 0 Å². The van der Waals surface area contributed by atoms with Crippen LogP contribution >= 0.6 is 12.2 Å². The SMILES string of the molecule is CCOC(=O)C1CC[NH+](Cn2nc3ccccn3c2=S)CC1. The maximum atomic E-state index is 11.8. The number of rotatable bonds is 4. The highest BCUT2D eigenvalue weighted by Crippen LogP contribution is 2.11. The number of likely N-dealkylation sites (tertiary alicyclic amines) is 1. The van der Waals surface area contributed by atoms with Gasteiger partial charge >= 0.3 is 5.97 Å². The molecule has 3 heterocycles. The maximum absolute atomic E-state index is 11.8. The Kier molecular flexibility index (Phi) is 4.54. The lowest BCUT2D eigenvalue weighted by Crippen LogP contribution is -3.12. The summed E-state index contributed by atoms with van der Waals surface area (Å²) in [7, 11) is 0. The minimum atomic E-state index is -0.0501. The molecule has 0 amide bonds. The van der Waals surface area contributed by atoms with Crippen LogP contribution in [0.3, 0.4) is 0 Å². The number of carbonyl (C=O) groups is 1. The summed E-state index contributed by atoms with van der Waals surface area (Å²) < 4.78 is 9.62. The molecule has 1 aliphatic rings. The van der Waals surface area contributed by atoms with Crippen molar-refractivity contribution in [1.82, 2.24) is 14.2 Å². The summed E-state index contributed by atoms with van der Waals surface area (Å²) in [5, 5.41) is 4.55. The van der Waals surface area contributed by atoms with Crippen molar-refractivity contribution < 1.29 is 14.4 Å². The van der Waals surface area contributed by atoms with Gasteiger partial charge in [0.25, 0.3) is 0 Å². The molecule has 118 valence electrons. The third-order valence-electron chi connectivity index (χ3n) is 4.17. The van der Waals surface area contributed by atoms with Gasteiger partial charge in [0, 0.05) is 19.0 Å². The van der Waals surface area contributed by atoms with Gasteiger partial charge in [0.05, 0.1) is 25.6 Å². The molecule has 0 aromatic carbocycles. The van der Waals surface area contributed by atoms with E-state index in [0.29, 0.717) is 6.61 Å². The molecule has 1 aliphatic heterocycles. The van der Waals surface area contributed by atoms with Gasteiger partial charge in [-0.3, -0.25) is 9.20 Å². The van der Waals surface area contributed by atoms with Gasteiger partial charge in [-0.1, -0.05) is 6.07 Å². The molecule has 1 fully saturated rings. The lowest BCUT2D eigenvalue weighted by Gasteiger charge is -2.27. The minimum Gasteiger partial charge on any atom is -0.466 e. The Labute approximate surface area is 134 Å². The first kappa shape index (κ1) is 15.2. The molecular formula is C15H21N4O2S+. The van der Waals surface area contributed by atoms with Crippen molar-refractivity contribution in [2.75, 3.05) is 19.7 Å². The summed E-state index contributed by atoms with van der Waals surface area (Å²) in [4.78, 5) is 13.2. The third-order valence-corrected chi connectivity index (χ3v) is 4.58. The van der Waals surface area contributed by atoms with Crippen LogP contribution < -0.4 is 4.90 Å². The second kappa shape index (κ2) is 6.58. The predicted molar refractivity (Wildman–Crippen MR) is 84.1 cm³/mol. The van der Waals surface area contributed by atoms with Gasteiger partial charge in [0.2, 0.25) is 4.77 Å². The summed E-state index contributed by atoms with van der Waals surface area (Å²) in [6, 6.07) is 5.86. The Hall–Kier alpha value is -1.73. The monoisotopic (exact) mass is 321 g/mol. The molecule has 0 atom stereocenters. The molecule has 0 bridgehead atoms. The first-order valence-corrected chi connectivity index (χ1v) is 8.14. The van der Waals surface area contributed by atoms with Crippen molar-refractivity contribution >= 4 is 23.8 Å². The van der Waals surface area contributed by atoms with Crippen molar-refractivity contribution in [2.45, 2.75) is 26.4 Å². The van der Waals surface area contributed by atoms with Gasteiger partial charge in [-0.25, -0.2) is 0 Å². The smallest absolute Gasteiger partial charge is 0.309 e. The fourth-order valence-corrected chi connectivity index (χ4v) is 3.22. The quantitative estimate of drug-likeness (QED) is 0.665. The summed E-state index contributed by atoms with van der Waals surface area (Å²) in [5.74, 6) is 0.00336. The van der Waals surface area contributed by atoms with Crippen LogP contribution in [0, 0.1) is 10.7 Å². The zero-order chi connectivity index (χ0) is 15.5. The number of quaternary nitrogens is 1. The van der Waals surface area contributed by atoms with Crippen LogP contribution in [0.4, 0.5) is 0 Å². The van der Waals surface area contributed by atoms with Gasteiger partial charge < -0.3 is 9.64 Å². The molecule has 1 N–H and O–H groups in total. The molecule has 2 aromatic rings. The van der Waals surface area contributed by atoms with Crippen molar-refractivity contribution in [3.8, 4) is 0 Å². The fourth-order valence-electron chi connectivity index (χ4n) is 2.96. The first-order chi connectivity index (χ1) is 10.7. The summed E-state index contributed by atoms with van der Waals surface area (Å²) in [6.45, 7) is 4.94. The zero-order valence-corrected chi connectivity index (χ0v) is 13.5. The Morgan fingerprint density at radius 3 is 2.91 bits per heavy atom. The van der Waals surface area contributed by atoms with Gasteiger partial charge in [0.15, 0.2) is 12.3 Å². The van der Waals surface area contributed by atoms with Crippen LogP contribution in [-0.4, -0.2) is 39.8 Å². The molecule has 0 aliphatic carbocycles. The van der Waals surface area contributed by atoms with Crippen LogP contribution in [-0.2, 0) is 16.2 Å². The molecular weight excluding hydrogens is 300 g/mol. The molecule has 22 heavy (non-hydrogen) atoms. The molecule has 0 radical (unpaired) electrons. The largest absolute Gasteiger partial charge is 0.466 e. The molecule has 6 nitrogen and oxygen atoms in total. The van der Waals surface area contributed by atoms with Crippen molar-refractivity contribution in [1.29, 1.82) is 0 Å². The van der Waals surface area contributed by atoms with Gasteiger partial charge in [-0.05, 0) is 31.3 Å². The number of esters is 1. The van der Waals surface area contributed by atoms with Crippen LogP contribution in [0.5, 0.6) is 0 Å². The number of aromatic nitrogens is 3. The number of ether oxygens (including phenoxy) is 1. The number of hydrogen-bond donors (Lipinski definition) is 1. The molecule has 1 saturated heterocycles. The molecule has 0 spiro atoms. The fraction of sp³-hybridized carbons (Fsp3) is 0.533. The number of carbonyl (C=O) groups excluding carboxylic acids is 1. The molecule has 7 heteroatoms. The van der Waals surface area contributed by atoms with Crippen LogP contribution in [0.1, 0.15) is 19.8 Å². The number of fused-ring (bicyclic) bond motifs is 1. The summed E-state index contributed by atoms with van der Waals surface area (Å²) >= 11 is 5.47. The van der Waals surface area contributed by atoms with E-state index in [0.717, 1.165) is 43.0 Å². The standard InChI is InChI=1S/C15H20N4O2S/c1-2-21-14(20)12-6-9-17(10-7-12)11-19-15(22)18-8-4-3-5-13(18)16-19/h3-5,8,12H,2,6-7,9-11H2,1H3/p+1. The normalized spacial score (nSPS) is 21.9. The molecule has 0 unspecified atom stereocenters. The number of pyridine rings is 1. The van der Waals surface area contributed by atoms with E-state index >= 15 is 0 Å². The van der Waals surface area contributed by atoms with Crippen LogP contribution in [0.2, 0.25) is 0 Å². The summed E-state index contributed by atoms with van der Waals surface area (Å²) in [5.41, 5.74) is 0.869. The van der Waals surface area contributed by atoms with Gasteiger partial charge in [0.1, 0.15) is 0 Å². The Bertz CT molecular complexity index is 716. The topological polar surface area (TPSA) is 53.0 Å². The van der Waals surface area contributed by atoms with E-state index in [4.69, 9.17) is 17.0 Å². The highest BCUT2D eigenvalue weighted by Gasteiger charge is 2.28. The van der Waals surface area contributed by atoms with E-state index in [1.807, 2.05) is 40.4 Å². The van der Waals surface area contributed by atoms with E-state index in [2.05, 4.69) is 5.10 Å². The Morgan fingerprint density at radius 1 is 1.45 bits per heavy atom. The predicted octanol–water partition coefficient (Wildman–Crippen LogP) is 0.681. The van der Waals surface area contributed by atoms with E-state index < -0.39 is 0 Å². The van der Waals surface area contributed by atoms with Crippen LogP contribution in [0.25, 0.3) is 5.65 Å². The Morgan fingerprint density at radius 2 is 2.23 bits per heavy atom. The number of hydrogen-bond acceptors (Lipinski definition) is 4. The summed E-state index contributed by atoms with van der Waals surface area (Å²) in [6.07, 6.45) is 3.67. The van der Waals surface area contributed by atoms with Crippen molar-refractivity contribution in [3.05, 3.63) is 29.2 Å². The molecule has 3 rings (SSSR count). The van der Waals surface area contributed by atoms with E-state index in [-0.39, 0.29) is 11.9 Å². The lowest BCUT2D eigenvalue weighted by atomic mass is 9.97. The number of nitrogens with zero attached hydrogens (tertiary/aromatic N) is 3. The zero-order valence-electron chi connectivity index (χ0n) is 12.7. The second-order valence-corrected chi connectivity index (χ2v) is 6.01. The maximum Gasteiger partial charge on any atom is 0.309 e. The van der Waals surface area contributed by atoms with Crippen molar-refractivity contribution in [3.63, 3.8) is 0 Å². The van der Waals surface area contributed by atoms with Gasteiger partial charge in [-0.15, -0.1) is 5.10 Å². The van der Waals surface area contributed by atoms with Crippen LogP contribution in [0.15, 0.2) is 24.4 Å². The third kappa shape index (κ3) is 3.05. The highest BCUT2D eigenvalue weighted by atomic mass is 32.1. The first-order valence-electron chi connectivity index (χ1n) is 7.73. The van der Waals surface area contributed by atoms with E-state index in [9.17, 15) is 4.79 Å². The molecule has 0 saturated carbocycles. The average Bonchev–Trinajstić information content (AvgIpc) is 2.85. The highest BCUT2D eigenvalue weighted by molar-refractivity contribution is 7.71. The number of piperidine rings is 1. The van der Waals surface area contributed by atoms with Gasteiger partial charge in [-0.2, -0.15) is 4.68 Å². The second-order valence-electron chi connectivity index (χ2n) is 5.65. The average molecular weight is 321 g/mol. The lowest BCUT2D eigenvalue weighted by molar-refractivity contribution is -0.929. The minimum absolute atomic E-state index is 0.0501. The Balaban J connectivity index is 1.64. The number of nitrogens with one attached hydrogen (secondary N) is 1.